The molecule has 0 saturated carbocycles. The van der Waals surface area contributed by atoms with Crippen LogP contribution >= 0.6 is 0 Å². The smallest absolute Gasteiger partial charge is 0.661 e. The molecule has 0 bridgehead atoms. The summed E-state index contributed by atoms with van der Waals surface area (Å²) in [6.45, 7) is 0. The number of carbonyl (C=O) groups excluding carboxylic acids is 2. The van der Waals surface area contributed by atoms with E-state index in [0.717, 1.165) is 48.5 Å². The number of hydrogen-bond acceptors (Lipinski definition) is 10. The predicted octanol–water partition coefficient (Wildman–Crippen LogP) is -1.65. The summed E-state index contributed by atoms with van der Waals surface area (Å²) in [5, 5.41) is 19.4. The van der Waals surface area contributed by atoms with Gasteiger partial charge in [0, 0.05) is 0 Å². The van der Waals surface area contributed by atoms with Gasteiger partial charge in [-0.1, -0.05) is 0 Å². The van der Waals surface area contributed by atoms with Crippen LogP contribution in [0.25, 0.3) is 0 Å². The summed E-state index contributed by atoms with van der Waals surface area (Å²) in [5.74, 6) is -2.24. The maximum Gasteiger partial charge on any atom is 2.00 e. The van der Waals surface area contributed by atoms with Crippen LogP contribution in [0, 0.1) is 0 Å². The minimum atomic E-state index is -4.28. The van der Waals surface area contributed by atoms with Gasteiger partial charge in [0.15, 0.2) is 0 Å². The molecular weight excluding hydrogens is 449 g/mol. The largest absolute Gasteiger partial charge is 2.00 e. The van der Waals surface area contributed by atoms with Crippen molar-refractivity contribution in [1.82, 2.24) is 0 Å². The zero-order valence-electron chi connectivity index (χ0n) is 14.1. The first-order chi connectivity index (χ1) is 12.9. The summed E-state index contributed by atoms with van der Waals surface area (Å²) in [6.07, 6.45) is 0. The summed E-state index contributed by atoms with van der Waals surface area (Å²) >= 11 is 0. The van der Waals surface area contributed by atoms with Crippen LogP contribution in [0.4, 0.5) is 0 Å². The van der Waals surface area contributed by atoms with Gasteiger partial charge in [0.1, 0.15) is 0 Å². The normalized spacial score (nSPS) is 10.6. The monoisotopic (exact) mass is 458 g/mol. The first-order valence-electron chi connectivity index (χ1n) is 6.73. The Bertz CT molecular complexity index is 957. The maximum absolute atomic E-state index is 10.6. The van der Waals surface area contributed by atoms with Crippen LogP contribution in [-0.2, 0) is 30.0 Å². The first kappa shape index (κ1) is 26.9. The van der Waals surface area contributed by atoms with Gasteiger partial charge in [0.25, 0.3) is 20.2 Å². The van der Waals surface area contributed by atoms with Gasteiger partial charge in [0.05, 0.1) is 20.9 Å². The molecule has 2 rings (SSSR count). The molecule has 0 unspecified atom stereocenters. The molecule has 0 atom stereocenters. The van der Waals surface area contributed by atoms with E-state index in [2.05, 4.69) is 9.78 Å². The van der Waals surface area contributed by atoms with Crippen molar-refractivity contribution >= 4 is 55.2 Å². The molecule has 2 N–H and O–H groups in total. The molecule has 0 aliphatic rings. The zero-order chi connectivity index (χ0) is 21.5. The topological polar surface area (TPSA) is 207 Å². The summed E-state index contributed by atoms with van der Waals surface area (Å²) in [6, 6.07) is 8.19. The second-order valence-corrected chi connectivity index (χ2v) is 7.58. The third-order valence-corrected chi connectivity index (χ3v) is 4.66. The van der Waals surface area contributed by atoms with Crippen LogP contribution in [0.2, 0.25) is 0 Å². The Kier molecular flexibility index (Phi) is 10.4. The Morgan fingerprint density at radius 3 is 1.07 bits per heavy atom. The predicted molar refractivity (Wildman–Crippen MR) is 89.1 cm³/mol. The van der Waals surface area contributed by atoms with E-state index in [1.807, 2.05) is 0 Å². The molecule has 152 valence electrons. The molecular formula is C14H10MgO12S2. The summed E-state index contributed by atoms with van der Waals surface area (Å²) in [7, 11) is -8.56. The van der Waals surface area contributed by atoms with Crippen molar-refractivity contribution in [2.75, 3.05) is 0 Å². The van der Waals surface area contributed by atoms with Gasteiger partial charge < -0.3 is 20.3 Å². The van der Waals surface area contributed by atoms with E-state index in [9.17, 15) is 36.9 Å². The van der Waals surface area contributed by atoms with Crippen molar-refractivity contribution in [3.05, 3.63) is 59.7 Å². The molecule has 2 aromatic rings. The van der Waals surface area contributed by atoms with Crippen LogP contribution in [0.3, 0.4) is 0 Å². The van der Waals surface area contributed by atoms with E-state index in [4.69, 9.17) is 9.11 Å². The summed E-state index contributed by atoms with van der Waals surface area (Å²) in [5.41, 5.74) is -0.181. The number of benzene rings is 2. The quantitative estimate of drug-likeness (QED) is 0.228. The third kappa shape index (κ3) is 8.42. The fraction of sp³-hybridized carbons (Fsp3) is 0. The molecule has 0 spiro atoms. The molecule has 0 radical (unpaired) electrons. The Labute approximate surface area is 180 Å². The van der Waals surface area contributed by atoms with E-state index in [-0.39, 0.29) is 44.0 Å². The van der Waals surface area contributed by atoms with Gasteiger partial charge in [-0.05, 0) is 48.5 Å². The molecule has 0 heterocycles. The summed E-state index contributed by atoms with van der Waals surface area (Å²) < 4.78 is 59.4. The molecule has 0 saturated heterocycles. The van der Waals surface area contributed by atoms with Crippen molar-refractivity contribution < 1.29 is 55.8 Å². The number of rotatable bonds is 4. The van der Waals surface area contributed by atoms with Crippen LogP contribution in [0.15, 0.2) is 58.3 Å². The first-order valence-corrected chi connectivity index (χ1v) is 9.61. The second kappa shape index (κ2) is 11.2. The maximum atomic E-state index is 10.6. The third-order valence-electron chi connectivity index (χ3n) is 2.93. The number of hydrogen-bond donors (Lipinski definition) is 2. The molecule has 0 aliphatic carbocycles. The Morgan fingerprint density at radius 2 is 0.897 bits per heavy atom. The standard InChI is InChI=1S/2C7H6O6S.Mg/c2*8-7(13-9)5-1-3-6(4-2-5)14(10,11)12;/h2*1-4,9H,(H,10,11,12);/q;;+2/p-2. The van der Waals surface area contributed by atoms with Gasteiger partial charge in [-0.25, -0.2) is 9.59 Å². The van der Waals surface area contributed by atoms with Gasteiger partial charge in [-0.3, -0.25) is 9.11 Å². The molecule has 0 amide bonds. The average Bonchev–Trinajstić information content (AvgIpc) is 2.66. The molecule has 0 aliphatic heterocycles. The average molecular weight is 459 g/mol. The molecule has 12 nitrogen and oxygen atoms in total. The molecule has 29 heavy (non-hydrogen) atoms. The van der Waals surface area contributed by atoms with Crippen molar-refractivity contribution in [2.45, 2.75) is 9.79 Å². The molecule has 2 aromatic carbocycles. The minimum Gasteiger partial charge on any atom is -0.661 e. The van der Waals surface area contributed by atoms with E-state index in [0.29, 0.717) is 0 Å². The molecule has 15 heteroatoms. The minimum absolute atomic E-state index is 0. The van der Waals surface area contributed by atoms with Crippen LogP contribution in [-0.4, -0.2) is 60.9 Å². The Morgan fingerprint density at radius 1 is 0.655 bits per heavy atom. The van der Waals surface area contributed by atoms with Crippen molar-refractivity contribution in [1.29, 1.82) is 0 Å². The van der Waals surface area contributed by atoms with Crippen LogP contribution in [0.5, 0.6) is 0 Å². The molecule has 0 aromatic heterocycles. The van der Waals surface area contributed by atoms with E-state index >= 15 is 0 Å². The Hall–Kier alpha value is -2.11. The second-order valence-electron chi connectivity index (χ2n) is 4.74. The van der Waals surface area contributed by atoms with E-state index < -0.39 is 32.2 Å². The zero-order valence-corrected chi connectivity index (χ0v) is 17.2. The van der Waals surface area contributed by atoms with Crippen molar-refractivity contribution in [3.8, 4) is 0 Å². The van der Waals surface area contributed by atoms with Gasteiger partial charge in [-0.2, -0.15) is 16.8 Å². The van der Waals surface area contributed by atoms with Gasteiger partial charge in [0.2, 0.25) is 0 Å². The Balaban J connectivity index is 0.000000523. The SMILES string of the molecule is O=C(O[O-])c1ccc(S(=O)(=O)O)cc1.O=C(O[O-])c1ccc(S(=O)(=O)O)cc1.[Mg+2]. The van der Waals surface area contributed by atoms with E-state index in [1.54, 1.807) is 0 Å². The fourth-order valence-corrected chi connectivity index (χ4v) is 2.58. The van der Waals surface area contributed by atoms with Crippen LogP contribution < -0.4 is 10.5 Å². The van der Waals surface area contributed by atoms with Gasteiger partial charge >= 0.3 is 35.0 Å². The van der Waals surface area contributed by atoms with E-state index in [1.165, 1.54) is 0 Å². The van der Waals surface area contributed by atoms with Crippen molar-refractivity contribution in [2.24, 2.45) is 0 Å². The van der Waals surface area contributed by atoms with Crippen molar-refractivity contribution in [3.63, 3.8) is 0 Å². The van der Waals surface area contributed by atoms with Crippen LogP contribution in [0.1, 0.15) is 20.7 Å². The number of carbonyl (C=O) groups is 2. The van der Waals surface area contributed by atoms with Gasteiger partial charge in [-0.15, -0.1) is 0 Å². The molecule has 0 fully saturated rings. The summed E-state index contributed by atoms with van der Waals surface area (Å²) in [4.78, 5) is 26.9. The fourth-order valence-electron chi connectivity index (χ4n) is 1.62.